The molecule has 13 heavy (non-hydrogen) atoms. The van der Waals surface area contributed by atoms with Crippen molar-refractivity contribution in [2.45, 2.75) is 0 Å². The van der Waals surface area contributed by atoms with Crippen molar-refractivity contribution in [3.8, 4) is 5.75 Å². The molecule has 1 rings (SSSR count). The molecule has 0 aliphatic carbocycles. The predicted octanol–water partition coefficient (Wildman–Crippen LogP) is 2.01. The fourth-order valence-corrected chi connectivity index (χ4v) is 0.828. The number of halogens is 1. The van der Waals surface area contributed by atoms with Crippen molar-refractivity contribution >= 4 is 17.5 Å². The number of nitroso groups, excluding NO2 is 1. The Bertz CT molecular complexity index is 310. The summed E-state index contributed by atoms with van der Waals surface area (Å²) in [6.07, 6.45) is 0. The third kappa shape index (κ3) is 3.21. The number of ether oxygens (including phenoxy) is 1. The molecule has 0 atom stereocenters. The summed E-state index contributed by atoms with van der Waals surface area (Å²) in [5, 5.41) is 2.76. The minimum absolute atomic E-state index is 0.342. The quantitative estimate of drug-likeness (QED) is 0.700. The van der Waals surface area contributed by atoms with Gasteiger partial charge in [0.15, 0.2) is 6.61 Å². The van der Waals surface area contributed by atoms with Gasteiger partial charge in [0.1, 0.15) is 5.75 Å². The van der Waals surface area contributed by atoms with Crippen LogP contribution >= 0.6 is 11.6 Å². The molecule has 0 aliphatic heterocycles. The normalized spacial score (nSPS) is 9.31. The molecule has 0 saturated heterocycles. The van der Waals surface area contributed by atoms with Crippen molar-refractivity contribution < 1.29 is 9.53 Å². The number of benzene rings is 1. The van der Waals surface area contributed by atoms with Gasteiger partial charge < -0.3 is 4.74 Å². The molecular weight excluding hydrogens is 194 g/mol. The molecule has 0 saturated carbocycles. The Morgan fingerprint density at radius 1 is 1.38 bits per heavy atom. The van der Waals surface area contributed by atoms with Gasteiger partial charge in [-0.15, -0.1) is 4.91 Å². The van der Waals surface area contributed by atoms with Gasteiger partial charge in [0.2, 0.25) is 0 Å². The maximum Gasteiger partial charge on any atom is 0.323 e. The first-order chi connectivity index (χ1) is 6.22. The minimum Gasteiger partial charge on any atom is -0.484 e. The van der Waals surface area contributed by atoms with Crippen molar-refractivity contribution in [3.05, 3.63) is 34.2 Å². The summed E-state index contributed by atoms with van der Waals surface area (Å²) in [4.78, 5) is 20.1. The van der Waals surface area contributed by atoms with Crippen LogP contribution < -0.4 is 4.74 Å². The number of hydrogen-bond donors (Lipinski definition) is 0. The first-order valence-corrected chi connectivity index (χ1v) is 3.84. The standard InChI is InChI=1S/C8H6ClNO3/c9-6-1-3-7(4-2-6)13-5-8(11)10-12/h1-4H,5H2. The highest BCUT2D eigenvalue weighted by atomic mass is 35.5. The monoisotopic (exact) mass is 199 g/mol. The molecule has 1 aromatic rings. The molecule has 1 amide bonds. The molecule has 0 aromatic heterocycles. The van der Waals surface area contributed by atoms with Gasteiger partial charge in [-0.2, -0.15) is 0 Å². The van der Waals surface area contributed by atoms with E-state index in [0.717, 1.165) is 0 Å². The van der Waals surface area contributed by atoms with Crippen LogP contribution in [0.3, 0.4) is 0 Å². The van der Waals surface area contributed by atoms with Crippen LogP contribution in [0.15, 0.2) is 29.4 Å². The van der Waals surface area contributed by atoms with Crippen molar-refractivity contribution in [1.29, 1.82) is 0 Å². The molecule has 5 heteroatoms. The van der Waals surface area contributed by atoms with Crippen LogP contribution in [0.2, 0.25) is 5.02 Å². The maximum absolute atomic E-state index is 10.4. The second kappa shape index (κ2) is 4.57. The van der Waals surface area contributed by atoms with E-state index >= 15 is 0 Å². The molecule has 4 nitrogen and oxygen atoms in total. The molecule has 0 N–H and O–H groups in total. The fourth-order valence-electron chi connectivity index (χ4n) is 0.702. The summed E-state index contributed by atoms with van der Waals surface area (Å²) in [7, 11) is 0. The SMILES string of the molecule is O=NC(=O)COc1ccc(Cl)cc1. The number of nitrogens with zero attached hydrogens (tertiary/aromatic N) is 1. The van der Waals surface area contributed by atoms with Crippen molar-refractivity contribution in [2.24, 2.45) is 5.18 Å². The van der Waals surface area contributed by atoms with Crippen LogP contribution in [0.25, 0.3) is 0 Å². The number of carbonyl (C=O) groups is 1. The van der Waals surface area contributed by atoms with Crippen LogP contribution in [0, 0.1) is 4.91 Å². The van der Waals surface area contributed by atoms with Gasteiger partial charge in [-0.1, -0.05) is 11.6 Å². The van der Waals surface area contributed by atoms with Crippen molar-refractivity contribution in [1.82, 2.24) is 0 Å². The zero-order valence-corrected chi connectivity index (χ0v) is 7.32. The van der Waals surface area contributed by atoms with E-state index in [9.17, 15) is 9.70 Å². The van der Waals surface area contributed by atoms with Gasteiger partial charge in [0, 0.05) is 10.2 Å². The summed E-state index contributed by atoms with van der Waals surface area (Å²) in [6.45, 7) is -0.342. The summed E-state index contributed by atoms with van der Waals surface area (Å²) in [5.41, 5.74) is 0. The lowest BCUT2D eigenvalue weighted by molar-refractivity contribution is -0.119. The van der Waals surface area contributed by atoms with E-state index in [4.69, 9.17) is 16.3 Å². The second-order valence-electron chi connectivity index (χ2n) is 2.23. The van der Waals surface area contributed by atoms with Gasteiger partial charge in [-0.25, -0.2) is 0 Å². The number of carbonyl (C=O) groups excluding carboxylic acids is 1. The molecule has 0 radical (unpaired) electrons. The summed E-state index contributed by atoms with van der Waals surface area (Å²) < 4.78 is 4.91. The average Bonchev–Trinajstić information content (AvgIpc) is 2.16. The number of rotatable bonds is 3. The fraction of sp³-hybridized carbons (Fsp3) is 0.125. The van der Waals surface area contributed by atoms with Crippen LogP contribution in [-0.4, -0.2) is 12.5 Å². The van der Waals surface area contributed by atoms with Crippen LogP contribution in [0.4, 0.5) is 0 Å². The van der Waals surface area contributed by atoms with Gasteiger partial charge in [-0.05, 0) is 24.3 Å². The van der Waals surface area contributed by atoms with Crippen LogP contribution in [-0.2, 0) is 4.79 Å². The molecule has 0 bridgehead atoms. The van der Waals surface area contributed by atoms with Crippen LogP contribution in [0.1, 0.15) is 0 Å². The summed E-state index contributed by atoms with van der Waals surface area (Å²) >= 11 is 5.61. The maximum atomic E-state index is 10.4. The highest BCUT2D eigenvalue weighted by Crippen LogP contribution is 2.15. The zero-order valence-electron chi connectivity index (χ0n) is 6.57. The number of amides is 1. The van der Waals surface area contributed by atoms with E-state index in [1.54, 1.807) is 24.3 Å². The Kier molecular flexibility index (Phi) is 3.40. The van der Waals surface area contributed by atoms with E-state index in [-0.39, 0.29) is 6.61 Å². The molecule has 0 heterocycles. The first-order valence-electron chi connectivity index (χ1n) is 3.47. The Balaban J connectivity index is 2.50. The molecule has 68 valence electrons. The third-order valence-corrected chi connectivity index (χ3v) is 1.53. The predicted molar refractivity (Wildman–Crippen MR) is 47.7 cm³/mol. The first kappa shape index (κ1) is 9.67. The Labute approximate surface area is 79.4 Å². The highest BCUT2D eigenvalue weighted by Gasteiger charge is 2.01. The number of hydrogen-bond acceptors (Lipinski definition) is 3. The molecule has 0 spiro atoms. The minimum atomic E-state index is -0.838. The van der Waals surface area contributed by atoms with E-state index in [1.807, 2.05) is 0 Å². The molecule has 0 fully saturated rings. The molecule has 1 aromatic carbocycles. The Morgan fingerprint density at radius 3 is 2.54 bits per heavy atom. The molecular formula is C8H6ClNO3. The molecule has 0 aliphatic rings. The Hall–Kier alpha value is -1.42. The second-order valence-corrected chi connectivity index (χ2v) is 2.66. The highest BCUT2D eigenvalue weighted by molar-refractivity contribution is 6.30. The van der Waals surface area contributed by atoms with Crippen LogP contribution in [0.5, 0.6) is 5.75 Å². The largest absolute Gasteiger partial charge is 0.484 e. The lowest BCUT2D eigenvalue weighted by atomic mass is 10.3. The summed E-state index contributed by atoms with van der Waals surface area (Å²) in [5.74, 6) is -0.364. The smallest absolute Gasteiger partial charge is 0.323 e. The van der Waals surface area contributed by atoms with Gasteiger partial charge in [0.05, 0.1) is 0 Å². The van der Waals surface area contributed by atoms with Gasteiger partial charge >= 0.3 is 5.91 Å². The van der Waals surface area contributed by atoms with Gasteiger partial charge in [-0.3, -0.25) is 4.79 Å². The van der Waals surface area contributed by atoms with Crippen molar-refractivity contribution in [3.63, 3.8) is 0 Å². The van der Waals surface area contributed by atoms with E-state index in [1.165, 1.54) is 0 Å². The van der Waals surface area contributed by atoms with Gasteiger partial charge in [0.25, 0.3) is 0 Å². The Morgan fingerprint density at radius 2 is 2.00 bits per heavy atom. The van der Waals surface area contributed by atoms with E-state index in [0.29, 0.717) is 10.8 Å². The van der Waals surface area contributed by atoms with Crippen molar-refractivity contribution in [2.75, 3.05) is 6.61 Å². The third-order valence-electron chi connectivity index (χ3n) is 1.28. The lowest BCUT2D eigenvalue weighted by Crippen LogP contribution is -2.07. The topological polar surface area (TPSA) is 55.7 Å². The molecule has 0 unspecified atom stereocenters. The van der Waals surface area contributed by atoms with E-state index < -0.39 is 5.91 Å². The van der Waals surface area contributed by atoms with E-state index in [2.05, 4.69) is 5.18 Å². The average molecular weight is 200 g/mol. The summed E-state index contributed by atoms with van der Waals surface area (Å²) in [6, 6.07) is 6.44. The zero-order chi connectivity index (χ0) is 9.68. The lowest BCUT2D eigenvalue weighted by Gasteiger charge is -2.01.